The van der Waals surface area contributed by atoms with E-state index in [2.05, 4.69) is 15.5 Å². The third-order valence-electron chi connectivity index (χ3n) is 3.55. The standard InChI is InChI=1S/C17H17N3O2/c1-11-8-15(20-19-11)17(22)18-10-16(21)14-7-6-12-4-2-3-5-13(12)9-14/h2-9,16,21H,10H2,1H3,(H,18,22)(H,19,20). The zero-order chi connectivity index (χ0) is 15.5. The van der Waals surface area contributed by atoms with E-state index in [0.717, 1.165) is 22.0 Å². The number of benzene rings is 2. The van der Waals surface area contributed by atoms with Gasteiger partial charge in [0.2, 0.25) is 0 Å². The third-order valence-corrected chi connectivity index (χ3v) is 3.55. The Labute approximate surface area is 128 Å². The van der Waals surface area contributed by atoms with Gasteiger partial charge in [0.25, 0.3) is 5.91 Å². The Kier molecular flexibility index (Phi) is 3.89. The third kappa shape index (κ3) is 2.99. The van der Waals surface area contributed by atoms with Crippen molar-refractivity contribution in [2.75, 3.05) is 6.54 Å². The molecule has 0 saturated carbocycles. The van der Waals surface area contributed by atoms with E-state index < -0.39 is 6.10 Å². The fraction of sp³-hybridized carbons (Fsp3) is 0.176. The summed E-state index contributed by atoms with van der Waals surface area (Å²) in [6.45, 7) is 1.97. The Morgan fingerprint density at radius 3 is 2.73 bits per heavy atom. The molecule has 1 unspecified atom stereocenters. The lowest BCUT2D eigenvalue weighted by Gasteiger charge is -2.12. The van der Waals surface area contributed by atoms with Crippen LogP contribution in [0.15, 0.2) is 48.5 Å². The molecule has 112 valence electrons. The zero-order valence-electron chi connectivity index (χ0n) is 12.2. The maximum Gasteiger partial charge on any atom is 0.271 e. The van der Waals surface area contributed by atoms with Crippen molar-refractivity contribution in [3.8, 4) is 0 Å². The number of nitrogens with zero attached hydrogens (tertiary/aromatic N) is 1. The molecule has 1 heterocycles. The average molecular weight is 295 g/mol. The Hall–Kier alpha value is -2.66. The maximum absolute atomic E-state index is 11.9. The number of hydrogen-bond donors (Lipinski definition) is 3. The first-order chi connectivity index (χ1) is 10.6. The van der Waals surface area contributed by atoms with Crippen molar-refractivity contribution in [2.45, 2.75) is 13.0 Å². The van der Waals surface area contributed by atoms with Crippen LogP contribution in [0.5, 0.6) is 0 Å². The van der Waals surface area contributed by atoms with E-state index in [-0.39, 0.29) is 12.5 Å². The fourth-order valence-corrected chi connectivity index (χ4v) is 2.35. The van der Waals surface area contributed by atoms with Gasteiger partial charge in [-0.15, -0.1) is 0 Å². The molecule has 0 aliphatic rings. The van der Waals surface area contributed by atoms with Crippen molar-refractivity contribution < 1.29 is 9.90 Å². The van der Waals surface area contributed by atoms with E-state index in [1.165, 1.54) is 0 Å². The Morgan fingerprint density at radius 1 is 1.23 bits per heavy atom. The number of fused-ring (bicyclic) bond motifs is 1. The summed E-state index contributed by atoms with van der Waals surface area (Å²) in [5.41, 5.74) is 1.92. The number of aromatic amines is 1. The van der Waals surface area contributed by atoms with E-state index in [4.69, 9.17) is 0 Å². The van der Waals surface area contributed by atoms with Crippen molar-refractivity contribution in [1.29, 1.82) is 0 Å². The van der Waals surface area contributed by atoms with Crippen LogP contribution in [-0.4, -0.2) is 27.8 Å². The number of aliphatic hydroxyl groups excluding tert-OH is 1. The second-order valence-electron chi connectivity index (χ2n) is 5.27. The summed E-state index contributed by atoms with van der Waals surface area (Å²) in [5, 5.41) is 21.7. The predicted octanol–water partition coefficient (Wildman–Crippen LogP) is 2.33. The number of carbonyl (C=O) groups excluding carboxylic acids is 1. The minimum absolute atomic E-state index is 0.142. The van der Waals surface area contributed by atoms with Gasteiger partial charge in [-0.05, 0) is 35.4 Å². The van der Waals surface area contributed by atoms with Gasteiger partial charge in [-0.1, -0.05) is 36.4 Å². The summed E-state index contributed by atoms with van der Waals surface area (Å²) in [5.74, 6) is -0.302. The molecule has 0 fully saturated rings. The van der Waals surface area contributed by atoms with Crippen LogP contribution in [0.3, 0.4) is 0 Å². The minimum Gasteiger partial charge on any atom is -0.387 e. The van der Waals surface area contributed by atoms with Gasteiger partial charge in [-0.25, -0.2) is 0 Å². The highest BCUT2D eigenvalue weighted by atomic mass is 16.3. The van der Waals surface area contributed by atoms with Gasteiger partial charge in [0.15, 0.2) is 0 Å². The largest absolute Gasteiger partial charge is 0.387 e. The van der Waals surface area contributed by atoms with Crippen LogP contribution in [0.25, 0.3) is 10.8 Å². The summed E-state index contributed by atoms with van der Waals surface area (Å²) in [4.78, 5) is 11.9. The van der Waals surface area contributed by atoms with Gasteiger partial charge >= 0.3 is 0 Å². The van der Waals surface area contributed by atoms with Crippen LogP contribution in [-0.2, 0) is 0 Å². The van der Waals surface area contributed by atoms with Gasteiger partial charge in [-0.3, -0.25) is 9.89 Å². The first-order valence-electron chi connectivity index (χ1n) is 7.10. The second-order valence-corrected chi connectivity index (χ2v) is 5.27. The first kappa shape index (κ1) is 14.3. The molecule has 1 aromatic heterocycles. The molecule has 0 aliphatic carbocycles. The number of H-pyrrole nitrogens is 1. The summed E-state index contributed by atoms with van der Waals surface area (Å²) in [6.07, 6.45) is -0.756. The van der Waals surface area contributed by atoms with Crippen molar-refractivity contribution in [2.24, 2.45) is 0 Å². The fourth-order valence-electron chi connectivity index (χ4n) is 2.35. The SMILES string of the molecule is Cc1cc(C(=O)NCC(O)c2ccc3ccccc3c2)n[nH]1. The smallest absolute Gasteiger partial charge is 0.271 e. The molecule has 0 spiro atoms. The maximum atomic E-state index is 11.9. The lowest BCUT2D eigenvalue weighted by Crippen LogP contribution is -2.28. The predicted molar refractivity (Wildman–Crippen MR) is 84.6 cm³/mol. The van der Waals surface area contributed by atoms with E-state index in [9.17, 15) is 9.90 Å². The van der Waals surface area contributed by atoms with Crippen LogP contribution in [0.1, 0.15) is 27.8 Å². The zero-order valence-corrected chi connectivity index (χ0v) is 12.2. The van der Waals surface area contributed by atoms with Crippen molar-refractivity contribution in [3.63, 3.8) is 0 Å². The molecule has 2 aromatic carbocycles. The quantitative estimate of drug-likeness (QED) is 0.691. The monoisotopic (exact) mass is 295 g/mol. The molecule has 0 bridgehead atoms. The highest BCUT2D eigenvalue weighted by molar-refractivity contribution is 5.92. The van der Waals surface area contributed by atoms with Crippen LogP contribution < -0.4 is 5.32 Å². The molecule has 0 radical (unpaired) electrons. The number of aromatic nitrogens is 2. The number of nitrogens with one attached hydrogen (secondary N) is 2. The van der Waals surface area contributed by atoms with E-state index in [1.54, 1.807) is 6.07 Å². The molecule has 5 nitrogen and oxygen atoms in total. The average Bonchev–Trinajstić information content (AvgIpc) is 2.98. The molecule has 3 rings (SSSR count). The van der Waals surface area contributed by atoms with Gasteiger partial charge in [0.1, 0.15) is 5.69 Å². The molecule has 1 atom stereocenters. The summed E-state index contributed by atoms with van der Waals surface area (Å²) >= 11 is 0. The number of aryl methyl sites for hydroxylation is 1. The molecule has 5 heteroatoms. The number of aliphatic hydroxyl groups is 1. The van der Waals surface area contributed by atoms with Crippen LogP contribution in [0.2, 0.25) is 0 Å². The Balaban J connectivity index is 1.68. The molecule has 0 aliphatic heterocycles. The molecule has 0 saturated heterocycles. The summed E-state index contributed by atoms with van der Waals surface area (Å²) < 4.78 is 0. The molecule has 3 N–H and O–H groups in total. The summed E-state index contributed by atoms with van der Waals surface area (Å²) in [7, 11) is 0. The molecule has 1 amide bonds. The van der Waals surface area contributed by atoms with Crippen molar-refractivity contribution in [3.05, 3.63) is 65.5 Å². The lowest BCUT2D eigenvalue weighted by atomic mass is 10.0. The van der Waals surface area contributed by atoms with E-state index >= 15 is 0 Å². The highest BCUT2D eigenvalue weighted by Crippen LogP contribution is 2.20. The van der Waals surface area contributed by atoms with Crippen molar-refractivity contribution in [1.82, 2.24) is 15.5 Å². The van der Waals surface area contributed by atoms with Crippen molar-refractivity contribution >= 4 is 16.7 Å². The molecular formula is C17H17N3O2. The summed E-state index contributed by atoms with van der Waals surface area (Å²) in [6, 6.07) is 15.4. The lowest BCUT2D eigenvalue weighted by molar-refractivity contribution is 0.0911. The van der Waals surface area contributed by atoms with E-state index in [1.807, 2.05) is 49.4 Å². The van der Waals surface area contributed by atoms with Crippen LogP contribution >= 0.6 is 0 Å². The van der Waals surface area contributed by atoms with Crippen LogP contribution in [0, 0.1) is 6.92 Å². The Morgan fingerprint density at radius 2 is 2.00 bits per heavy atom. The van der Waals surface area contributed by atoms with Gasteiger partial charge in [0, 0.05) is 12.2 Å². The van der Waals surface area contributed by atoms with Crippen LogP contribution in [0.4, 0.5) is 0 Å². The Bertz CT molecular complexity index is 810. The number of hydrogen-bond acceptors (Lipinski definition) is 3. The number of rotatable bonds is 4. The normalized spacial score (nSPS) is 12.3. The van der Waals surface area contributed by atoms with Gasteiger partial charge in [-0.2, -0.15) is 5.10 Å². The van der Waals surface area contributed by atoms with Gasteiger partial charge < -0.3 is 10.4 Å². The molecule has 22 heavy (non-hydrogen) atoms. The van der Waals surface area contributed by atoms with E-state index in [0.29, 0.717) is 5.69 Å². The highest BCUT2D eigenvalue weighted by Gasteiger charge is 2.13. The topological polar surface area (TPSA) is 78.0 Å². The first-order valence-corrected chi connectivity index (χ1v) is 7.10. The minimum atomic E-state index is -0.756. The van der Waals surface area contributed by atoms with Gasteiger partial charge in [0.05, 0.1) is 6.10 Å². The molecular weight excluding hydrogens is 278 g/mol. The molecule has 3 aromatic rings. The number of amides is 1. The number of carbonyl (C=O) groups is 1. The second kappa shape index (κ2) is 5.99.